The molecule has 0 amide bonds. The highest BCUT2D eigenvalue weighted by molar-refractivity contribution is 5.55. The molecule has 5 rings (SSSR count). The Balaban J connectivity index is 1.51. The molecule has 3 aromatic rings. The molecule has 0 radical (unpaired) electrons. The number of hydrogen-bond acceptors (Lipinski definition) is 6. The van der Waals surface area contributed by atoms with Gasteiger partial charge in [0.25, 0.3) is 0 Å². The van der Waals surface area contributed by atoms with E-state index in [-0.39, 0.29) is 6.04 Å². The molecule has 2 atom stereocenters. The lowest BCUT2D eigenvalue weighted by Gasteiger charge is -2.34. The van der Waals surface area contributed by atoms with E-state index in [0.29, 0.717) is 13.0 Å². The Morgan fingerprint density at radius 1 is 1.15 bits per heavy atom. The smallest absolute Gasteiger partial charge is 0.138 e. The Kier molecular flexibility index (Phi) is 6.36. The highest BCUT2D eigenvalue weighted by Gasteiger charge is 2.28. The minimum atomic E-state index is -0.547. The first-order valence-electron chi connectivity index (χ1n) is 12.3. The molecule has 1 saturated heterocycles. The Labute approximate surface area is 196 Å². The second-order valence-corrected chi connectivity index (χ2v) is 9.61. The molecule has 1 N–H and O–H groups in total. The van der Waals surface area contributed by atoms with Crippen LogP contribution in [-0.2, 0) is 13.0 Å². The van der Waals surface area contributed by atoms with Gasteiger partial charge in [-0.05, 0) is 63.5 Å². The van der Waals surface area contributed by atoms with E-state index in [0.717, 1.165) is 61.9 Å². The lowest BCUT2D eigenvalue weighted by molar-refractivity contribution is 0.161. The zero-order valence-corrected chi connectivity index (χ0v) is 20.1. The molecule has 0 saturated carbocycles. The Morgan fingerprint density at radius 3 is 2.76 bits per heavy atom. The molecule has 1 fully saturated rings. The number of aliphatic hydroxyl groups excluding tert-OH is 1. The summed E-state index contributed by atoms with van der Waals surface area (Å²) in [4.78, 5) is 16.9. The quantitative estimate of drug-likeness (QED) is 0.624. The van der Waals surface area contributed by atoms with Gasteiger partial charge in [0.2, 0.25) is 0 Å². The summed E-state index contributed by atoms with van der Waals surface area (Å²) in [6.45, 7) is 6.78. The largest absolute Gasteiger partial charge is 0.387 e. The van der Waals surface area contributed by atoms with Gasteiger partial charge in [-0.15, -0.1) is 0 Å². The second-order valence-electron chi connectivity index (χ2n) is 9.61. The summed E-state index contributed by atoms with van der Waals surface area (Å²) in [5.41, 5.74) is 5.38. The van der Waals surface area contributed by atoms with Crippen LogP contribution in [0.25, 0.3) is 5.65 Å². The number of aromatic nitrogens is 3. The third kappa shape index (κ3) is 4.25. The van der Waals surface area contributed by atoms with Crippen LogP contribution in [-0.4, -0.2) is 69.5 Å². The summed E-state index contributed by atoms with van der Waals surface area (Å²) >= 11 is 0. The molecular weight excluding hydrogens is 412 g/mol. The molecule has 1 aliphatic heterocycles. The molecule has 1 unspecified atom stereocenters. The molecule has 2 aliphatic rings. The van der Waals surface area contributed by atoms with Crippen molar-refractivity contribution in [2.24, 2.45) is 0 Å². The highest BCUT2D eigenvalue weighted by atomic mass is 16.3. The SMILES string of the molecule is CCC(O)c1c(CN(C)[C@H]2CCCc3cccnc32)nc2cccc(N3CCN(C)CC3)n12. The van der Waals surface area contributed by atoms with Crippen molar-refractivity contribution in [3.05, 3.63) is 59.2 Å². The highest BCUT2D eigenvalue weighted by Crippen LogP contribution is 2.34. The van der Waals surface area contributed by atoms with Crippen LogP contribution in [0.3, 0.4) is 0 Å². The van der Waals surface area contributed by atoms with E-state index in [4.69, 9.17) is 9.97 Å². The Bertz CT molecular complexity index is 1100. The molecule has 0 spiro atoms. The maximum Gasteiger partial charge on any atom is 0.138 e. The van der Waals surface area contributed by atoms with Crippen molar-refractivity contribution in [2.75, 3.05) is 45.2 Å². The van der Waals surface area contributed by atoms with Crippen LogP contribution >= 0.6 is 0 Å². The standard InChI is InChI=1S/C26H36N6O/c1-4-22(33)26-20(18-30(3)21-10-5-8-19-9-7-13-27-25(19)21)28-23-11-6-12-24(32(23)26)31-16-14-29(2)15-17-31/h6-7,9,11-13,21-22,33H,4-5,8,10,14-18H2,1-3H3/t21-,22?/m0/s1. The van der Waals surface area contributed by atoms with Crippen LogP contribution in [0.2, 0.25) is 0 Å². The number of imidazole rings is 1. The Hall–Kier alpha value is -2.48. The summed E-state index contributed by atoms with van der Waals surface area (Å²) < 4.78 is 2.20. The van der Waals surface area contributed by atoms with Crippen molar-refractivity contribution >= 4 is 11.5 Å². The lowest BCUT2D eigenvalue weighted by atomic mass is 9.91. The fourth-order valence-corrected chi connectivity index (χ4v) is 5.44. The number of nitrogens with zero attached hydrogens (tertiary/aromatic N) is 6. The maximum atomic E-state index is 11.1. The van der Waals surface area contributed by atoms with E-state index in [1.807, 2.05) is 19.2 Å². The summed E-state index contributed by atoms with van der Waals surface area (Å²) in [5.74, 6) is 1.13. The zero-order valence-electron chi connectivity index (χ0n) is 20.1. The zero-order chi connectivity index (χ0) is 22.9. The van der Waals surface area contributed by atoms with Crippen LogP contribution in [0, 0.1) is 0 Å². The van der Waals surface area contributed by atoms with Crippen LogP contribution in [0.5, 0.6) is 0 Å². The molecular formula is C26H36N6O. The van der Waals surface area contributed by atoms with Crippen molar-refractivity contribution < 1.29 is 5.11 Å². The minimum absolute atomic E-state index is 0.281. The van der Waals surface area contributed by atoms with Crippen molar-refractivity contribution in [1.29, 1.82) is 0 Å². The maximum absolute atomic E-state index is 11.1. The molecule has 1 aliphatic carbocycles. The van der Waals surface area contributed by atoms with Crippen molar-refractivity contribution in [3.63, 3.8) is 0 Å². The van der Waals surface area contributed by atoms with Crippen LogP contribution in [0.15, 0.2) is 36.5 Å². The number of aliphatic hydroxyl groups is 1. The number of piperazine rings is 1. The van der Waals surface area contributed by atoms with E-state index in [1.165, 1.54) is 17.7 Å². The second kappa shape index (κ2) is 9.41. The van der Waals surface area contributed by atoms with Gasteiger partial charge in [0.05, 0.1) is 29.2 Å². The number of hydrogen-bond donors (Lipinski definition) is 1. The van der Waals surface area contributed by atoms with Gasteiger partial charge < -0.3 is 14.9 Å². The van der Waals surface area contributed by atoms with Gasteiger partial charge in [-0.2, -0.15) is 0 Å². The van der Waals surface area contributed by atoms with Crippen LogP contribution < -0.4 is 4.90 Å². The molecule has 0 aromatic carbocycles. The van der Waals surface area contributed by atoms with E-state index in [9.17, 15) is 5.11 Å². The minimum Gasteiger partial charge on any atom is -0.387 e. The topological polar surface area (TPSA) is 60.1 Å². The monoisotopic (exact) mass is 448 g/mol. The lowest BCUT2D eigenvalue weighted by Crippen LogP contribution is -2.45. The summed E-state index contributed by atoms with van der Waals surface area (Å²) in [6.07, 6.45) is 5.41. The average Bonchev–Trinajstić information content (AvgIpc) is 3.21. The number of pyridine rings is 2. The number of rotatable bonds is 6. The molecule has 7 heteroatoms. The van der Waals surface area contributed by atoms with Gasteiger partial charge in [0, 0.05) is 38.9 Å². The fourth-order valence-electron chi connectivity index (χ4n) is 5.44. The number of likely N-dealkylation sites (N-methyl/N-ethyl adjacent to an activating group) is 1. The third-order valence-electron chi connectivity index (χ3n) is 7.36. The molecule has 176 valence electrons. The van der Waals surface area contributed by atoms with Gasteiger partial charge in [0.1, 0.15) is 11.5 Å². The van der Waals surface area contributed by atoms with Gasteiger partial charge in [-0.3, -0.25) is 14.3 Å². The van der Waals surface area contributed by atoms with Crippen molar-refractivity contribution in [3.8, 4) is 0 Å². The number of fused-ring (bicyclic) bond motifs is 2. The first-order valence-corrected chi connectivity index (χ1v) is 12.3. The molecule has 33 heavy (non-hydrogen) atoms. The summed E-state index contributed by atoms with van der Waals surface area (Å²) in [5, 5.41) is 11.1. The average molecular weight is 449 g/mol. The number of anilines is 1. The third-order valence-corrected chi connectivity index (χ3v) is 7.36. The van der Waals surface area contributed by atoms with Gasteiger partial charge >= 0.3 is 0 Å². The predicted octanol–water partition coefficient (Wildman–Crippen LogP) is 3.43. The van der Waals surface area contributed by atoms with Gasteiger partial charge in [0.15, 0.2) is 0 Å². The van der Waals surface area contributed by atoms with Crippen LogP contribution in [0.4, 0.5) is 5.82 Å². The summed E-state index contributed by atoms with van der Waals surface area (Å²) in [7, 11) is 4.34. The number of aryl methyl sites for hydroxylation is 1. The Morgan fingerprint density at radius 2 is 1.97 bits per heavy atom. The van der Waals surface area contributed by atoms with Gasteiger partial charge in [-0.25, -0.2) is 4.98 Å². The molecule has 7 nitrogen and oxygen atoms in total. The van der Waals surface area contributed by atoms with E-state index >= 15 is 0 Å². The van der Waals surface area contributed by atoms with Crippen molar-refractivity contribution in [2.45, 2.75) is 51.3 Å². The van der Waals surface area contributed by atoms with Crippen molar-refractivity contribution in [1.82, 2.24) is 24.2 Å². The van der Waals surface area contributed by atoms with Gasteiger partial charge in [-0.1, -0.05) is 19.1 Å². The normalized spacial score (nSPS) is 20.4. The first-order chi connectivity index (χ1) is 16.1. The van der Waals surface area contributed by atoms with E-state index < -0.39 is 6.10 Å². The first kappa shape index (κ1) is 22.3. The molecule has 4 heterocycles. The molecule has 0 bridgehead atoms. The van der Waals surface area contributed by atoms with E-state index in [1.54, 1.807) is 0 Å². The molecule has 3 aromatic heterocycles. The predicted molar refractivity (Wildman–Crippen MR) is 132 cm³/mol. The summed E-state index contributed by atoms with van der Waals surface area (Å²) in [6, 6.07) is 10.9. The fraction of sp³-hybridized carbons (Fsp3) is 0.538. The van der Waals surface area contributed by atoms with Crippen LogP contribution in [0.1, 0.15) is 61.0 Å². The van der Waals surface area contributed by atoms with E-state index in [2.05, 4.69) is 57.5 Å².